The van der Waals surface area contributed by atoms with Crippen LogP contribution < -0.4 is 0 Å². The Morgan fingerprint density at radius 2 is 1.95 bits per heavy atom. The molecule has 0 saturated carbocycles. The number of carbonyl (C=O) groups excluding carboxylic acids is 1. The van der Waals surface area contributed by atoms with Gasteiger partial charge >= 0.3 is 0 Å². The summed E-state index contributed by atoms with van der Waals surface area (Å²) in [5.41, 5.74) is 0. The van der Waals surface area contributed by atoms with Crippen LogP contribution in [0, 0.1) is 0 Å². The van der Waals surface area contributed by atoms with E-state index in [1.165, 1.54) is 31.0 Å². The van der Waals surface area contributed by atoms with Crippen molar-refractivity contribution in [3.05, 3.63) is 23.4 Å². The van der Waals surface area contributed by atoms with E-state index in [4.69, 9.17) is 11.6 Å². The first-order chi connectivity index (χ1) is 9.27. The van der Waals surface area contributed by atoms with Gasteiger partial charge in [0.25, 0.3) is 0 Å². The number of rotatable bonds is 3. The van der Waals surface area contributed by atoms with Crippen molar-refractivity contribution in [1.29, 1.82) is 0 Å². The molecule has 1 saturated heterocycles. The highest BCUT2D eigenvalue weighted by Gasteiger charge is 2.15. The van der Waals surface area contributed by atoms with Crippen molar-refractivity contribution in [2.75, 3.05) is 18.8 Å². The minimum absolute atomic E-state index is 0.202. The number of carbonyl (C=O) groups is 1. The molecular weight excluding hydrogens is 280 g/mol. The molecule has 0 N–H and O–H groups in total. The molecule has 0 atom stereocenters. The number of hydrogen-bond donors (Lipinski definition) is 0. The van der Waals surface area contributed by atoms with Crippen molar-refractivity contribution in [3.8, 4) is 0 Å². The average molecular weight is 299 g/mol. The molecule has 1 aromatic rings. The molecule has 0 aliphatic carbocycles. The van der Waals surface area contributed by atoms with Crippen LogP contribution in [0.1, 0.15) is 32.1 Å². The molecule has 1 aromatic heterocycles. The summed E-state index contributed by atoms with van der Waals surface area (Å²) in [7, 11) is 0. The number of amides is 1. The van der Waals surface area contributed by atoms with E-state index in [1.54, 1.807) is 18.3 Å². The zero-order valence-corrected chi connectivity index (χ0v) is 12.6. The van der Waals surface area contributed by atoms with Crippen LogP contribution >= 0.6 is 23.4 Å². The monoisotopic (exact) mass is 298 g/mol. The second-order valence-corrected chi connectivity index (χ2v) is 6.10. The van der Waals surface area contributed by atoms with Gasteiger partial charge in [0.1, 0.15) is 5.03 Å². The Morgan fingerprint density at radius 1 is 1.26 bits per heavy atom. The topological polar surface area (TPSA) is 33.2 Å². The average Bonchev–Trinajstić information content (AvgIpc) is 2.37. The van der Waals surface area contributed by atoms with Crippen LogP contribution in [-0.2, 0) is 4.79 Å². The Kier molecular flexibility index (Phi) is 5.98. The normalized spacial score (nSPS) is 16.8. The molecule has 2 heterocycles. The van der Waals surface area contributed by atoms with E-state index in [0.29, 0.717) is 10.8 Å². The van der Waals surface area contributed by atoms with E-state index >= 15 is 0 Å². The molecule has 104 valence electrons. The van der Waals surface area contributed by atoms with E-state index < -0.39 is 0 Å². The van der Waals surface area contributed by atoms with E-state index in [0.717, 1.165) is 31.0 Å². The lowest BCUT2D eigenvalue weighted by Crippen LogP contribution is -2.35. The molecule has 0 bridgehead atoms. The van der Waals surface area contributed by atoms with Crippen LogP contribution in [-0.4, -0.2) is 34.6 Å². The molecule has 2 rings (SSSR count). The molecule has 0 radical (unpaired) electrons. The maximum absolute atomic E-state index is 12.2. The van der Waals surface area contributed by atoms with Crippen LogP contribution in [0.3, 0.4) is 0 Å². The maximum Gasteiger partial charge on any atom is 0.232 e. The molecule has 0 aromatic carbocycles. The standard InChI is InChI=1S/C14H19ClN2OS/c15-12-7-6-8-16-14(12)19-11-13(18)17-9-4-2-1-3-5-10-17/h6-8H,1-5,9-11H2. The lowest BCUT2D eigenvalue weighted by Gasteiger charge is -2.24. The zero-order chi connectivity index (χ0) is 13.5. The molecule has 0 spiro atoms. The lowest BCUT2D eigenvalue weighted by molar-refractivity contribution is -0.128. The first-order valence-electron chi connectivity index (χ1n) is 6.78. The molecule has 0 unspecified atom stereocenters. The number of aromatic nitrogens is 1. The molecule has 5 heteroatoms. The number of pyridine rings is 1. The van der Waals surface area contributed by atoms with Crippen molar-refractivity contribution in [2.24, 2.45) is 0 Å². The molecular formula is C14H19ClN2OS. The number of nitrogens with zero attached hydrogens (tertiary/aromatic N) is 2. The summed E-state index contributed by atoms with van der Waals surface area (Å²) in [4.78, 5) is 18.4. The maximum atomic E-state index is 12.2. The van der Waals surface area contributed by atoms with Crippen molar-refractivity contribution >= 4 is 29.3 Å². The van der Waals surface area contributed by atoms with E-state index in [2.05, 4.69) is 4.98 Å². The fraction of sp³-hybridized carbons (Fsp3) is 0.571. The van der Waals surface area contributed by atoms with E-state index in [1.807, 2.05) is 4.90 Å². The van der Waals surface area contributed by atoms with Gasteiger partial charge in [-0.25, -0.2) is 4.98 Å². The lowest BCUT2D eigenvalue weighted by atomic mass is 10.1. The minimum Gasteiger partial charge on any atom is -0.342 e. The summed E-state index contributed by atoms with van der Waals surface area (Å²) in [6.45, 7) is 1.80. The molecule has 1 amide bonds. The summed E-state index contributed by atoms with van der Waals surface area (Å²) in [6, 6.07) is 3.60. The van der Waals surface area contributed by atoms with Crippen molar-refractivity contribution < 1.29 is 4.79 Å². The Labute approximate surface area is 123 Å². The highest BCUT2D eigenvalue weighted by molar-refractivity contribution is 8.00. The SMILES string of the molecule is O=C(CSc1ncccc1Cl)N1CCCCCCC1. The second kappa shape index (κ2) is 7.75. The Bertz CT molecular complexity index is 420. The van der Waals surface area contributed by atoms with Gasteiger partial charge in [0.05, 0.1) is 10.8 Å². The van der Waals surface area contributed by atoms with Gasteiger partial charge in [-0.2, -0.15) is 0 Å². The quantitative estimate of drug-likeness (QED) is 0.799. The molecule has 1 aliphatic rings. The van der Waals surface area contributed by atoms with Gasteiger partial charge in [-0.3, -0.25) is 4.79 Å². The number of halogens is 1. The summed E-state index contributed by atoms with van der Waals surface area (Å²) in [5, 5.41) is 1.36. The van der Waals surface area contributed by atoms with Crippen molar-refractivity contribution in [2.45, 2.75) is 37.1 Å². The van der Waals surface area contributed by atoms with E-state index in [-0.39, 0.29) is 5.91 Å². The van der Waals surface area contributed by atoms with Gasteiger partial charge in [0, 0.05) is 19.3 Å². The van der Waals surface area contributed by atoms with Crippen LogP contribution in [0.4, 0.5) is 0 Å². The fourth-order valence-corrected chi connectivity index (χ4v) is 3.26. The van der Waals surface area contributed by atoms with Gasteiger partial charge in [0.2, 0.25) is 5.91 Å². The van der Waals surface area contributed by atoms with Gasteiger partial charge in [-0.1, -0.05) is 42.6 Å². The molecule has 1 fully saturated rings. The smallest absolute Gasteiger partial charge is 0.232 e. The second-order valence-electron chi connectivity index (χ2n) is 4.73. The number of thioether (sulfide) groups is 1. The molecule has 3 nitrogen and oxygen atoms in total. The van der Waals surface area contributed by atoms with Gasteiger partial charge in [-0.05, 0) is 25.0 Å². The first kappa shape index (κ1) is 14.7. The summed E-state index contributed by atoms with van der Waals surface area (Å²) in [6.07, 6.45) is 7.74. The van der Waals surface area contributed by atoms with Crippen LogP contribution in [0.2, 0.25) is 5.02 Å². The number of hydrogen-bond acceptors (Lipinski definition) is 3. The fourth-order valence-electron chi connectivity index (χ4n) is 2.20. The first-order valence-corrected chi connectivity index (χ1v) is 8.15. The summed E-state index contributed by atoms with van der Waals surface area (Å²) < 4.78 is 0. The third-order valence-corrected chi connectivity index (χ3v) is 4.67. The van der Waals surface area contributed by atoms with Gasteiger partial charge in [0.15, 0.2) is 0 Å². The Balaban J connectivity index is 1.84. The molecule has 19 heavy (non-hydrogen) atoms. The van der Waals surface area contributed by atoms with Crippen molar-refractivity contribution in [3.63, 3.8) is 0 Å². The Morgan fingerprint density at radius 3 is 2.63 bits per heavy atom. The van der Waals surface area contributed by atoms with Crippen molar-refractivity contribution in [1.82, 2.24) is 9.88 Å². The van der Waals surface area contributed by atoms with Crippen LogP contribution in [0.25, 0.3) is 0 Å². The highest BCUT2D eigenvalue weighted by atomic mass is 35.5. The van der Waals surface area contributed by atoms with Gasteiger partial charge < -0.3 is 4.90 Å². The van der Waals surface area contributed by atoms with Crippen LogP contribution in [0.15, 0.2) is 23.4 Å². The predicted molar refractivity (Wildman–Crippen MR) is 79.6 cm³/mol. The number of likely N-dealkylation sites (tertiary alicyclic amines) is 1. The van der Waals surface area contributed by atoms with E-state index in [9.17, 15) is 4.79 Å². The molecule has 1 aliphatic heterocycles. The zero-order valence-electron chi connectivity index (χ0n) is 11.0. The Hall–Kier alpha value is -0.740. The predicted octanol–water partition coefficient (Wildman–Crippen LogP) is 3.62. The third-order valence-electron chi connectivity index (χ3n) is 3.27. The van der Waals surface area contributed by atoms with Gasteiger partial charge in [-0.15, -0.1) is 0 Å². The summed E-state index contributed by atoms with van der Waals surface area (Å²) >= 11 is 7.46. The highest BCUT2D eigenvalue weighted by Crippen LogP contribution is 2.24. The largest absolute Gasteiger partial charge is 0.342 e. The van der Waals surface area contributed by atoms with Crippen LogP contribution in [0.5, 0.6) is 0 Å². The summed E-state index contributed by atoms with van der Waals surface area (Å²) in [5.74, 6) is 0.630. The minimum atomic E-state index is 0.202. The third kappa shape index (κ3) is 4.69.